The van der Waals surface area contributed by atoms with E-state index < -0.39 is 41.3 Å². The Morgan fingerprint density at radius 2 is 1.89 bits per heavy atom. The van der Waals surface area contributed by atoms with Crippen LogP contribution in [0.25, 0.3) is 0 Å². The van der Waals surface area contributed by atoms with Crippen molar-refractivity contribution >= 4 is 5.97 Å². The fourth-order valence-corrected chi connectivity index (χ4v) is 2.43. The number of hydrogen-bond acceptors (Lipinski definition) is 5. The fraction of sp³-hybridized carbons (Fsp3) is 0.235. The Balaban J connectivity index is 1.68. The number of carbonyl (C=O) groups excluding carboxylic acids is 1. The van der Waals surface area contributed by atoms with Crippen LogP contribution in [0, 0.1) is 0 Å². The van der Waals surface area contributed by atoms with Crippen molar-refractivity contribution in [3.05, 3.63) is 80.6 Å². The summed E-state index contributed by atoms with van der Waals surface area (Å²) in [5.74, 6) is -0.586. The summed E-state index contributed by atoms with van der Waals surface area (Å²) in [6, 6.07) is 8.20. The lowest BCUT2D eigenvalue weighted by atomic mass is 10.2. The molecule has 0 bridgehead atoms. The van der Waals surface area contributed by atoms with Crippen LogP contribution in [0.15, 0.2) is 58.3 Å². The first-order valence-corrected chi connectivity index (χ1v) is 7.74. The van der Waals surface area contributed by atoms with Crippen molar-refractivity contribution < 1.29 is 27.4 Å². The van der Waals surface area contributed by atoms with E-state index in [9.17, 15) is 27.6 Å². The summed E-state index contributed by atoms with van der Waals surface area (Å²) in [6.07, 6.45) is -3.66. The van der Waals surface area contributed by atoms with Crippen molar-refractivity contribution in [3.63, 3.8) is 0 Å². The molecule has 1 aromatic carbocycles. The summed E-state index contributed by atoms with van der Waals surface area (Å²) in [5.41, 5.74) is -3.76. The van der Waals surface area contributed by atoms with Gasteiger partial charge in [-0.2, -0.15) is 13.2 Å². The molecule has 1 aliphatic heterocycles. The van der Waals surface area contributed by atoms with E-state index in [0.717, 1.165) is 0 Å². The third-order valence-corrected chi connectivity index (χ3v) is 3.74. The molecule has 10 heteroatoms. The highest BCUT2D eigenvalue weighted by Gasteiger charge is 2.36. The van der Waals surface area contributed by atoms with Crippen LogP contribution in [0.2, 0.25) is 0 Å². The highest BCUT2D eigenvalue weighted by molar-refractivity contribution is 5.89. The molecule has 0 saturated heterocycles. The average Bonchev–Trinajstić information content (AvgIpc) is 3.08. The van der Waals surface area contributed by atoms with E-state index >= 15 is 0 Å². The number of ether oxygens (including phenoxy) is 2. The van der Waals surface area contributed by atoms with Gasteiger partial charge in [-0.3, -0.25) is 14.3 Å². The summed E-state index contributed by atoms with van der Waals surface area (Å²) in [7, 11) is 0. The van der Waals surface area contributed by atoms with Gasteiger partial charge in [0.05, 0.1) is 5.56 Å². The van der Waals surface area contributed by atoms with E-state index in [1.807, 2.05) is 0 Å². The Bertz CT molecular complexity index is 979. The smallest absolute Gasteiger partial charge is 0.423 e. The van der Waals surface area contributed by atoms with E-state index in [2.05, 4.69) is 0 Å². The van der Waals surface area contributed by atoms with Crippen LogP contribution in [0.1, 0.15) is 22.1 Å². The minimum Gasteiger partial charge on any atom is -0.459 e. The third kappa shape index (κ3) is 4.17. The maximum Gasteiger partial charge on any atom is 0.423 e. The average molecular weight is 382 g/mol. The van der Waals surface area contributed by atoms with Gasteiger partial charge in [0.15, 0.2) is 6.23 Å². The quantitative estimate of drug-likeness (QED) is 0.644. The van der Waals surface area contributed by atoms with Gasteiger partial charge >= 0.3 is 17.8 Å². The number of esters is 1. The molecule has 0 aliphatic carbocycles. The first kappa shape index (κ1) is 18.6. The topological polar surface area (TPSA) is 90.4 Å². The first-order chi connectivity index (χ1) is 12.8. The molecule has 3 rings (SSSR count). The Morgan fingerprint density at radius 1 is 1.19 bits per heavy atom. The van der Waals surface area contributed by atoms with Crippen LogP contribution in [-0.2, 0) is 15.7 Å². The van der Waals surface area contributed by atoms with E-state index in [1.54, 1.807) is 35.3 Å². The Morgan fingerprint density at radius 3 is 2.56 bits per heavy atom. The summed E-state index contributed by atoms with van der Waals surface area (Å²) in [4.78, 5) is 36.6. The molecule has 0 amide bonds. The lowest BCUT2D eigenvalue weighted by Crippen LogP contribution is -2.36. The second kappa shape index (κ2) is 7.23. The number of rotatable bonds is 4. The highest BCUT2D eigenvalue weighted by atomic mass is 19.4. The Kier molecular flexibility index (Phi) is 5.00. The van der Waals surface area contributed by atoms with Crippen molar-refractivity contribution in [1.29, 1.82) is 0 Å². The van der Waals surface area contributed by atoms with Crippen LogP contribution >= 0.6 is 0 Å². The predicted octanol–water partition coefficient (Wildman–Crippen LogP) is 1.87. The normalized spacial score (nSPS) is 19.2. The van der Waals surface area contributed by atoms with Crippen LogP contribution in [0.5, 0.6) is 0 Å². The molecule has 1 N–H and O–H groups in total. The van der Waals surface area contributed by atoms with Gasteiger partial charge in [-0.25, -0.2) is 9.59 Å². The largest absolute Gasteiger partial charge is 0.459 e. The summed E-state index contributed by atoms with van der Waals surface area (Å²) in [6.45, 7) is -0.190. The van der Waals surface area contributed by atoms with Crippen LogP contribution in [-0.4, -0.2) is 28.2 Å². The molecule has 2 atom stereocenters. The van der Waals surface area contributed by atoms with Gasteiger partial charge in [-0.15, -0.1) is 0 Å². The van der Waals surface area contributed by atoms with Crippen molar-refractivity contribution in [2.24, 2.45) is 0 Å². The Hall–Kier alpha value is -3.14. The van der Waals surface area contributed by atoms with E-state index in [1.165, 1.54) is 12.2 Å². The molecule has 1 aromatic heterocycles. The van der Waals surface area contributed by atoms with E-state index in [4.69, 9.17) is 9.47 Å². The molecule has 0 fully saturated rings. The molecule has 142 valence electrons. The molecule has 27 heavy (non-hydrogen) atoms. The number of benzene rings is 1. The second-order valence-electron chi connectivity index (χ2n) is 5.62. The molecule has 2 heterocycles. The van der Waals surface area contributed by atoms with Gasteiger partial charge in [-0.05, 0) is 18.2 Å². The zero-order valence-electron chi connectivity index (χ0n) is 13.6. The van der Waals surface area contributed by atoms with Crippen LogP contribution in [0.4, 0.5) is 13.2 Å². The molecule has 7 nitrogen and oxygen atoms in total. The number of aromatic amines is 1. The van der Waals surface area contributed by atoms with Crippen LogP contribution < -0.4 is 11.2 Å². The van der Waals surface area contributed by atoms with Crippen LogP contribution in [0.3, 0.4) is 0 Å². The lowest BCUT2D eigenvalue weighted by molar-refractivity contribution is -0.139. The molecule has 0 saturated carbocycles. The number of nitrogens with one attached hydrogen (secondary N) is 1. The molecule has 0 radical (unpaired) electrons. The molecule has 0 unspecified atom stereocenters. The maximum absolute atomic E-state index is 12.8. The SMILES string of the molecule is O=C(OC[C@@H]1C=C[C@H](n2cc(C(F)(F)F)c(=O)[nH]c2=O)O1)c1ccccc1. The van der Waals surface area contributed by atoms with Crippen molar-refractivity contribution in [2.45, 2.75) is 18.5 Å². The number of aromatic nitrogens is 2. The third-order valence-electron chi connectivity index (χ3n) is 3.74. The maximum atomic E-state index is 12.8. The minimum absolute atomic E-state index is 0.190. The second-order valence-corrected chi connectivity index (χ2v) is 5.62. The van der Waals surface area contributed by atoms with Crippen molar-refractivity contribution in [3.8, 4) is 0 Å². The van der Waals surface area contributed by atoms with Gasteiger partial charge in [0.25, 0.3) is 5.56 Å². The summed E-state index contributed by atoms with van der Waals surface area (Å²) < 4.78 is 49.6. The highest BCUT2D eigenvalue weighted by Crippen LogP contribution is 2.27. The minimum atomic E-state index is -4.92. The van der Waals surface area contributed by atoms with E-state index in [0.29, 0.717) is 16.3 Å². The monoisotopic (exact) mass is 382 g/mol. The van der Waals surface area contributed by atoms with Gasteiger partial charge in [0.1, 0.15) is 18.3 Å². The van der Waals surface area contributed by atoms with Gasteiger partial charge in [0.2, 0.25) is 0 Å². The number of H-pyrrole nitrogens is 1. The summed E-state index contributed by atoms with van der Waals surface area (Å²) in [5, 5.41) is 0. The molecule has 1 aliphatic rings. The van der Waals surface area contributed by atoms with Gasteiger partial charge in [-0.1, -0.05) is 24.3 Å². The zero-order chi connectivity index (χ0) is 19.6. The predicted molar refractivity (Wildman–Crippen MR) is 86.1 cm³/mol. The zero-order valence-corrected chi connectivity index (χ0v) is 13.6. The van der Waals surface area contributed by atoms with Crippen molar-refractivity contribution in [2.75, 3.05) is 6.61 Å². The number of halogens is 3. The molecule has 0 spiro atoms. The van der Waals surface area contributed by atoms with Gasteiger partial charge < -0.3 is 9.47 Å². The first-order valence-electron chi connectivity index (χ1n) is 7.74. The fourth-order valence-electron chi connectivity index (χ4n) is 2.43. The number of nitrogens with zero attached hydrogens (tertiary/aromatic N) is 1. The Labute approximate surface area is 149 Å². The standard InChI is InChI=1S/C17H13F3N2O5/c18-17(19,20)12-8-22(16(25)21-14(12)23)13-7-6-11(27-13)9-26-15(24)10-4-2-1-3-5-10/h1-8,11,13H,9H2,(H,21,23,25)/t11-,13+/m0/s1. The lowest BCUT2D eigenvalue weighted by Gasteiger charge is -2.17. The van der Waals surface area contributed by atoms with Gasteiger partial charge in [0, 0.05) is 6.20 Å². The summed E-state index contributed by atoms with van der Waals surface area (Å²) >= 11 is 0. The number of hydrogen-bond donors (Lipinski definition) is 1. The number of alkyl halides is 3. The molecule has 2 aromatic rings. The van der Waals surface area contributed by atoms with E-state index in [-0.39, 0.29) is 6.61 Å². The molecular formula is C17H13F3N2O5. The number of carbonyl (C=O) groups is 1. The van der Waals surface area contributed by atoms with Crippen molar-refractivity contribution in [1.82, 2.24) is 9.55 Å². The molecular weight excluding hydrogens is 369 g/mol.